The van der Waals surface area contributed by atoms with Gasteiger partial charge in [-0.25, -0.2) is 0 Å². The van der Waals surface area contributed by atoms with Crippen molar-refractivity contribution in [3.05, 3.63) is 53.9 Å². The normalized spacial score (nSPS) is 10.5. The fourth-order valence-electron chi connectivity index (χ4n) is 2.53. The van der Waals surface area contributed by atoms with E-state index in [-0.39, 0.29) is 5.91 Å². The molecule has 2 rings (SSSR count). The molecule has 0 unspecified atom stereocenters. The number of pyridine rings is 1. The van der Waals surface area contributed by atoms with Gasteiger partial charge in [-0.1, -0.05) is 12.1 Å². The number of methoxy groups -OCH3 is 1. The van der Waals surface area contributed by atoms with Gasteiger partial charge in [-0.15, -0.1) is 0 Å². The van der Waals surface area contributed by atoms with E-state index in [1.54, 1.807) is 13.3 Å². The van der Waals surface area contributed by atoms with Gasteiger partial charge >= 0.3 is 0 Å². The van der Waals surface area contributed by atoms with Crippen LogP contribution in [-0.4, -0.2) is 37.7 Å². The molecule has 5 heteroatoms. The summed E-state index contributed by atoms with van der Waals surface area (Å²) in [5.41, 5.74) is 3.70. The summed E-state index contributed by atoms with van der Waals surface area (Å²) in [4.78, 5) is 18.6. The van der Waals surface area contributed by atoms with E-state index in [0.29, 0.717) is 18.8 Å². The zero-order valence-corrected chi connectivity index (χ0v) is 14.6. The predicted octanol–water partition coefficient (Wildman–Crippen LogP) is 3.31. The van der Waals surface area contributed by atoms with E-state index in [1.807, 2.05) is 18.2 Å². The maximum Gasteiger partial charge on any atom is 0.269 e. The number of amides is 1. The Labute approximate surface area is 143 Å². The molecule has 1 N–H and O–H groups in total. The van der Waals surface area contributed by atoms with Crippen LogP contribution in [0, 0.1) is 6.92 Å². The number of aromatic nitrogens is 1. The van der Waals surface area contributed by atoms with Crippen LogP contribution in [0.5, 0.6) is 0 Å². The lowest BCUT2D eigenvalue weighted by molar-refractivity contribution is 0.0943. The van der Waals surface area contributed by atoms with Gasteiger partial charge in [0.1, 0.15) is 5.69 Å². The number of aryl methyl sites for hydroxylation is 1. The van der Waals surface area contributed by atoms with E-state index in [1.165, 1.54) is 5.56 Å². The summed E-state index contributed by atoms with van der Waals surface area (Å²) >= 11 is 0. The Kier molecular flexibility index (Phi) is 6.75. The molecular weight excluding hydrogens is 302 g/mol. The van der Waals surface area contributed by atoms with Crippen LogP contribution in [0.2, 0.25) is 0 Å². The first kappa shape index (κ1) is 17.9. The fraction of sp³-hybridized carbons (Fsp3) is 0.368. The lowest BCUT2D eigenvalue weighted by Crippen LogP contribution is -2.26. The third-order valence-corrected chi connectivity index (χ3v) is 3.73. The Bertz CT molecular complexity index is 673. The Morgan fingerprint density at radius 2 is 2.04 bits per heavy atom. The minimum absolute atomic E-state index is 0.159. The summed E-state index contributed by atoms with van der Waals surface area (Å²) in [6.07, 6.45) is 2.46. The minimum atomic E-state index is -0.159. The average molecular weight is 327 g/mol. The van der Waals surface area contributed by atoms with Gasteiger partial charge in [0.2, 0.25) is 0 Å². The van der Waals surface area contributed by atoms with Crippen molar-refractivity contribution < 1.29 is 9.53 Å². The van der Waals surface area contributed by atoms with Crippen molar-refractivity contribution in [2.45, 2.75) is 20.3 Å². The van der Waals surface area contributed by atoms with E-state index in [0.717, 1.165) is 24.3 Å². The molecule has 2 aromatic rings. The van der Waals surface area contributed by atoms with E-state index in [2.05, 4.69) is 47.2 Å². The molecule has 0 saturated heterocycles. The number of nitrogens with one attached hydrogen (secondary N) is 1. The van der Waals surface area contributed by atoms with Gasteiger partial charge in [0, 0.05) is 44.4 Å². The van der Waals surface area contributed by atoms with E-state index in [9.17, 15) is 4.79 Å². The summed E-state index contributed by atoms with van der Waals surface area (Å²) < 4.78 is 4.98. The standard InChI is InChI=1S/C19H25N3O2/c1-4-22(16-8-5-7-15(2)13-16)17-9-11-20-18(14-17)19(23)21-10-6-12-24-3/h5,7-9,11,13-14H,4,6,10,12H2,1-3H3,(H,21,23). The van der Waals surface area contributed by atoms with Crippen molar-refractivity contribution in [3.63, 3.8) is 0 Å². The van der Waals surface area contributed by atoms with Crippen LogP contribution in [0.4, 0.5) is 11.4 Å². The first-order chi connectivity index (χ1) is 11.7. The fourth-order valence-corrected chi connectivity index (χ4v) is 2.53. The minimum Gasteiger partial charge on any atom is -0.385 e. The van der Waals surface area contributed by atoms with Crippen LogP contribution in [0.15, 0.2) is 42.6 Å². The topological polar surface area (TPSA) is 54.5 Å². The molecule has 5 nitrogen and oxygen atoms in total. The Balaban J connectivity index is 2.14. The molecule has 0 radical (unpaired) electrons. The molecule has 128 valence electrons. The van der Waals surface area contributed by atoms with Gasteiger partial charge in [-0.3, -0.25) is 9.78 Å². The van der Waals surface area contributed by atoms with Gasteiger partial charge in [0.05, 0.1) is 0 Å². The highest BCUT2D eigenvalue weighted by Gasteiger charge is 2.12. The number of anilines is 2. The summed E-state index contributed by atoms with van der Waals surface area (Å²) in [6, 6.07) is 12.1. The van der Waals surface area contributed by atoms with Crippen LogP contribution in [0.1, 0.15) is 29.4 Å². The molecule has 0 aliphatic rings. The van der Waals surface area contributed by atoms with Crippen LogP contribution in [0.3, 0.4) is 0 Å². The van der Waals surface area contributed by atoms with Crippen molar-refractivity contribution in [3.8, 4) is 0 Å². The van der Waals surface area contributed by atoms with Gasteiger partial charge in [0.25, 0.3) is 5.91 Å². The van der Waals surface area contributed by atoms with Gasteiger partial charge in [0.15, 0.2) is 0 Å². The number of hydrogen-bond acceptors (Lipinski definition) is 4. The van der Waals surface area contributed by atoms with Crippen LogP contribution in [0.25, 0.3) is 0 Å². The zero-order chi connectivity index (χ0) is 17.4. The molecule has 1 aromatic carbocycles. The van der Waals surface area contributed by atoms with Crippen molar-refractivity contribution in [2.75, 3.05) is 31.7 Å². The molecule has 1 heterocycles. The monoisotopic (exact) mass is 327 g/mol. The second-order valence-electron chi connectivity index (χ2n) is 5.58. The molecule has 0 spiro atoms. The highest BCUT2D eigenvalue weighted by atomic mass is 16.5. The van der Waals surface area contributed by atoms with Gasteiger partial charge < -0.3 is 15.0 Å². The molecule has 0 aliphatic heterocycles. The van der Waals surface area contributed by atoms with Gasteiger partial charge in [-0.2, -0.15) is 0 Å². The number of benzene rings is 1. The van der Waals surface area contributed by atoms with E-state index in [4.69, 9.17) is 4.74 Å². The number of nitrogens with zero attached hydrogens (tertiary/aromatic N) is 2. The molecule has 0 aliphatic carbocycles. The third kappa shape index (κ3) is 4.80. The number of carbonyl (C=O) groups is 1. The quantitative estimate of drug-likeness (QED) is 0.756. The number of carbonyl (C=O) groups excluding carboxylic acids is 1. The average Bonchev–Trinajstić information content (AvgIpc) is 2.60. The number of rotatable bonds is 8. The first-order valence-corrected chi connectivity index (χ1v) is 8.23. The Morgan fingerprint density at radius 1 is 1.25 bits per heavy atom. The summed E-state index contributed by atoms with van der Waals surface area (Å²) in [5, 5.41) is 2.87. The van der Waals surface area contributed by atoms with Crippen molar-refractivity contribution in [1.29, 1.82) is 0 Å². The largest absolute Gasteiger partial charge is 0.385 e. The SMILES string of the molecule is CCN(c1cccc(C)c1)c1ccnc(C(=O)NCCCOC)c1. The zero-order valence-electron chi connectivity index (χ0n) is 14.6. The molecule has 0 saturated carbocycles. The second-order valence-corrected chi connectivity index (χ2v) is 5.58. The van der Waals surface area contributed by atoms with Gasteiger partial charge in [-0.05, 0) is 50.1 Å². The maximum atomic E-state index is 12.2. The van der Waals surface area contributed by atoms with Crippen molar-refractivity contribution in [1.82, 2.24) is 10.3 Å². The summed E-state index contributed by atoms with van der Waals surface area (Å²) in [6.45, 7) is 6.18. The predicted molar refractivity (Wildman–Crippen MR) is 96.9 cm³/mol. The lowest BCUT2D eigenvalue weighted by atomic mass is 10.2. The molecular formula is C19H25N3O2. The smallest absolute Gasteiger partial charge is 0.269 e. The molecule has 1 amide bonds. The lowest BCUT2D eigenvalue weighted by Gasteiger charge is -2.24. The Hall–Kier alpha value is -2.40. The third-order valence-electron chi connectivity index (χ3n) is 3.73. The molecule has 0 fully saturated rings. The van der Waals surface area contributed by atoms with Crippen LogP contribution >= 0.6 is 0 Å². The molecule has 24 heavy (non-hydrogen) atoms. The summed E-state index contributed by atoms with van der Waals surface area (Å²) in [5.74, 6) is -0.159. The van der Waals surface area contributed by atoms with Crippen molar-refractivity contribution in [2.24, 2.45) is 0 Å². The van der Waals surface area contributed by atoms with E-state index >= 15 is 0 Å². The highest BCUT2D eigenvalue weighted by Crippen LogP contribution is 2.25. The van der Waals surface area contributed by atoms with Crippen molar-refractivity contribution >= 4 is 17.3 Å². The van der Waals surface area contributed by atoms with E-state index < -0.39 is 0 Å². The van der Waals surface area contributed by atoms with Crippen LogP contribution < -0.4 is 10.2 Å². The maximum absolute atomic E-state index is 12.2. The Morgan fingerprint density at radius 3 is 2.75 bits per heavy atom. The molecule has 0 atom stereocenters. The summed E-state index contributed by atoms with van der Waals surface area (Å²) in [7, 11) is 1.65. The first-order valence-electron chi connectivity index (χ1n) is 8.23. The highest BCUT2D eigenvalue weighted by molar-refractivity contribution is 5.93. The van der Waals surface area contributed by atoms with Crippen LogP contribution in [-0.2, 0) is 4.74 Å². The second kappa shape index (κ2) is 9.03. The number of hydrogen-bond donors (Lipinski definition) is 1. The molecule has 1 aromatic heterocycles. The number of ether oxygens (including phenoxy) is 1. The molecule has 0 bridgehead atoms.